The number of allylic oxidation sites excluding steroid dienone is 2. The van der Waals surface area contributed by atoms with E-state index in [1.54, 1.807) is 0 Å². The van der Waals surface area contributed by atoms with Crippen LogP contribution in [0.5, 0.6) is 0 Å². The molecule has 3 fully saturated rings. The number of ketones is 2. The third kappa shape index (κ3) is 1.12. The summed E-state index contributed by atoms with van der Waals surface area (Å²) in [5, 5.41) is -0.162. The first-order chi connectivity index (χ1) is 9.11. The lowest BCUT2D eigenvalue weighted by molar-refractivity contribution is -0.135. The van der Waals surface area contributed by atoms with Gasteiger partial charge in [0.15, 0.2) is 28.1 Å². The van der Waals surface area contributed by atoms with Gasteiger partial charge in [-0.3, -0.25) is 9.59 Å². The van der Waals surface area contributed by atoms with Crippen molar-refractivity contribution in [3.8, 4) is 0 Å². The van der Waals surface area contributed by atoms with E-state index in [1.165, 1.54) is 0 Å². The maximum atomic E-state index is 12.4. The molecule has 0 aromatic rings. The Bertz CT molecular complexity index is 580. The van der Waals surface area contributed by atoms with Crippen molar-refractivity contribution in [2.24, 2.45) is 11.8 Å². The standard InChI is InChI=1S/C11H4Cl6O3/c12-7-8(13)10(15)2-1(9(7,14)11(10,16)17)3(18)5-6(20-5)4(2)19/h1-2,5-6H/t1-,2-,5-,6-,9+,10+/m1/s1. The van der Waals surface area contributed by atoms with Crippen LogP contribution < -0.4 is 0 Å². The number of fused-ring (bicyclic) bond motifs is 6. The number of carbonyl (C=O) groups excluding carboxylic acids is 2. The number of carbonyl (C=O) groups is 2. The summed E-state index contributed by atoms with van der Waals surface area (Å²) >= 11 is 37.9. The Labute approximate surface area is 143 Å². The zero-order chi connectivity index (χ0) is 14.8. The lowest BCUT2D eigenvalue weighted by Gasteiger charge is -2.36. The van der Waals surface area contributed by atoms with Crippen molar-refractivity contribution in [1.82, 2.24) is 0 Å². The normalized spacial score (nSPS) is 55.1. The number of rotatable bonds is 0. The molecule has 4 rings (SSSR count). The van der Waals surface area contributed by atoms with E-state index in [9.17, 15) is 9.59 Å². The summed E-state index contributed by atoms with van der Waals surface area (Å²) in [6, 6.07) is 0. The molecule has 0 spiro atoms. The molecular weight excluding hydrogens is 393 g/mol. The van der Waals surface area contributed by atoms with Gasteiger partial charge in [-0.05, 0) is 0 Å². The molecule has 20 heavy (non-hydrogen) atoms. The van der Waals surface area contributed by atoms with E-state index in [0.29, 0.717) is 0 Å². The molecule has 3 nitrogen and oxygen atoms in total. The SMILES string of the molecule is O=C1[C@H]2O[C@@H]2C(=O)[C@H]2[C@H]1[C@]1(Cl)C(Cl)=C(Cl)[C@]2(Cl)C1(Cl)Cl. The van der Waals surface area contributed by atoms with Gasteiger partial charge in [0.25, 0.3) is 0 Å². The quantitative estimate of drug-likeness (QED) is 0.467. The largest absolute Gasteiger partial charge is 0.353 e. The molecule has 0 N–H and O–H groups in total. The van der Waals surface area contributed by atoms with Gasteiger partial charge in [-0.25, -0.2) is 0 Å². The Morgan fingerprint density at radius 3 is 1.50 bits per heavy atom. The number of halogens is 6. The van der Waals surface area contributed by atoms with Crippen LogP contribution >= 0.6 is 69.6 Å². The molecule has 4 aliphatic rings. The summed E-state index contributed by atoms with van der Waals surface area (Å²) in [6.07, 6.45) is -1.60. The minimum atomic E-state index is -1.87. The van der Waals surface area contributed by atoms with E-state index < -0.39 is 38.1 Å². The maximum Gasteiger partial charge on any atom is 0.170 e. The van der Waals surface area contributed by atoms with Gasteiger partial charge in [0, 0.05) is 0 Å². The summed E-state index contributed by atoms with van der Waals surface area (Å²) < 4.78 is 3.22. The van der Waals surface area contributed by atoms with E-state index in [-0.39, 0.29) is 21.6 Å². The molecule has 0 aromatic carbocycles. The smallest absolute Gasteiger partial charge is 0.170 e. The van der Waals surface area contributed by atoms with Crippen LogP contribution in [0, 0.1) is 11.8 Å². The van der Waals surface area contributed by atoms with Crippen molar-refractivity contribution in [1.29, 1.82) is 0 Å². The van der Waals surface area contributed by atoms with Crippen LogP contribution in [0.1, 0.15) is 0 Å². The molecular formula is C11H4Cl6O3. The summed E-state index contributed by atoms with van der Waals surface area (Å²) in [5.74, 6) is -2.79. The minimum Gasteiger partial charge on any atom is -0.353 e. The third-order valence-electron chi connectivity index (χ3n) is 4.60. The monoisotopic (exact) mass is 394 g/mol. The predicted octanol–water partition coefficient (Wildman–Crippen LogP) is 2.98. The van der Waals surface area contributed by atoms with Crippen LogP contribution in [0.3, 0.4) is 0 Å². The van der Waals surface area contributed by atoms with Crippen molar-refractivity contribution in [3.63, 3.8) is 0 Å². The molecule has 6 atom stereocenters. The number of epoxide rings is 1. The Kier molecular flexibility index (Phi) is 2.62. The first-order valence-corrected chi connectivity index (χ1v) is 7.93. The predicted molar refractivity (Wildman–Crippen MR) is 76.0 cm³/mol. The fourth-order valence-corrected chi connectivity index (χ4v) is 6.56. The topological polar surface area (TPSA) is 46.7 Å². The van der Waals surface area contributed by atoms with Gasteiger partial charge >= 0.3 is 0 Å². The summed E-state index contributed by atoms with van der Waals surface area (Å²) in [6.45, 7) is 0. The number of Topliss-reactive ketones (excluding diaryl/α,β-unsaturated/α-hetero) is 2. The summed E-state index contributed by atoms with van der Waals surface area (Å²) in [4.78, 5) is 21.4. The Hall–Kier alpha value is 0.780. The highest BCUT2D eigenvalue weighted by molar-refractivity contribution is 6.66. The Morgan fingerprint density at radius 2 is 1.15 bits per heavy atom. The van der Waals surface area contributed by atoms with Crippen LogP contribution in [0.25, 0.3) is 0 Å². The Morgan fingerprint density at radius 1 is 0.800 bits per heavy atom. The zero-order valence-electron chi connectivity index (χ0n) is 9.30. The van der Waals surface area contributed by atoms with Crippen LogP contribution in [-0.2, 0) is 14.3 Å². The van der Waals surface area contributed by atoms with Crippen molar-refractivity contribution in [2.75, 3.05) is 0 Å². The number of alkyl halides is 4. The van der Waals surface area contributed by atoms with E-state index >= 15 is 0 Å². The van der Waals surface area contributed by atoms with Crippen LogP contribution in [-0.4, -0.2) is 37.9 Å². The van der Waals surface area contributed by atoms with Gasteiger partial charge in [-0.1, -0.05) is 46.4 Å². The molecule has 3 aliphatic carbocycles. The molecule has 0 radical (unpaired) electrons. The van der Waals surface area contributed by atoms with Crippen molar-refractivity contribution >= 4 is 81.2 Å². The molecule has 1 heterocycles. The molecule has 0 amide bonds. The van der Waals surface area contributed by atoms with Gasteiger partial charge in [0.2, 0.25) is 0 Å². The van der Waals surface area contributed by atoms with Crippen molar-refractivity contribution in [3.05, 3.63) is 10.1 Å². The third-order valence-corrected chi connectivity index (χ3v) is 8.86. The fourth-order valence-electron chi connectivity index (χ4n) is 3.60. The lowest BCUT2D eigenvalue weighted by atomic mass is 9.71. The van der Waals surface area contributed by atoms with Gasteiger partial charge < -0.3 is 4.74 Å². The van der Waals surface area contributed by atoms with E-state index in [4.69, 9.17) is 74.3 Å². The Balaban J connectivity index is 2.03. The van der Waals surface area contributed by atoms with Gasteiger partial charge in [-0.2, -0.15) is 0 Å². The van der Waals surface area contributed by atoms with E-state index in [0.717, 1.165) is 0 Å². The molecule has 2 bridgehead atoms. The van der Waals surface area contributed by atoms with Crippen LogP contribution in [0.4, 0.5) is 0 Å². The summed E-state index contributed by atoms with van der Waals surface area (Å²) in [7, 11) is 0. The van der Waals surface area contributed by atoms with Crippen molar-refractivity contribution < 1.29 is 14.3 Å². The average molecular weight is 397 g/mol. The highest BCUT2D eigenvalue weighted by Gasteiger charge is 2.88. The van der Waals surface area contributed by atoms with E-state index in [2.05, 4.69) is 0 Å². The van der Waals surface area contributed by atoms with Crippen LogP contribution in [0.15, 0.2) is 10.1 Å². The second-order valence-electron chi connectivity index (χ2n) is 5.36. The first-order valence-electron chi connectivity index (χ1n) is 5.66. The average Bonchev–Trinajstić information content (AvgIpc) is 3.14. The van der Waals surface area contributed by atoms with Crippen LogP contribution in [0.2, 0.25) is 0 Å². The lowest BCUT2D eigenvalue weighted by Crippen LogP contribution is -2.51. The molecule has 0 unspecified atom stereocenters. The molecule has 2 saturated carbocycles. The molecule has 1 saturated heterocycles. The number of hydrogen-bond donors (Lipinski definition) is 0. The van der Waals surface area contributed by atoms with Crippen molar-refractivity contribution in [2.45, 2.75) is 26.3 Å². The number of hydrogen-bond acceptors (Lipinski definition) is 3. The molecule has 9 heteroatoms. The zero-order valence-corrected chi connectivity index (χ0v) is 13.8. The fraction of sp³-hybridized carbons (Fsp3) is 0.636. The first kappa shape index (κ1) is 14.4. The molecule has 0 aromatic heterocycles. The highest BCUT2D eigenvalue weighted by atomic mass is 35.5. The van der Waals surface area contributed by atoms with Gasteiger partial charge in [0.05, 0.1) is 21.9 Å². The molecule has 108 valence electrons. The minimum absolute atomic E-state index is 0.0812. The highest BCUT2D eigenvalue weighted by Crippen LogP contribution is 2.77. The van der Waals surface area contributed by atoms with Gasteiger partial charge in [0.1, 0.15) is 9.75 Å². The maximum absolute atomic E-state index is 12.4. The summed E-state index contributed by atoms with van der Waals surface area (Å²) in [5.41, 5.74) is 0. The molecule has 1 aliphatic heterocycles. The van der Waals surface area contributed by atoms with E-state index in [1.807, 2.05) is 0 Å². The second kappa shape index (κ2) is 3.64. The number of ether oxygens (including phenoxy) is 1. The van der Waals surface area contributed by atoms with Gasteiger partial charge in [-0.15, -0.1) is 23.2 Å². The second-order valence-corrected chi connectivity index (χ2v) is 8.64.